The number of hydrogen-bond acceptors (Lipinski definition) is 2. The average molecular weight is 209 g/mol. The molecule has 1 heterocycles. The first kappa shape index (κ1) is 8.82. The summed E-state index contributed by atoms with van der Waals surface area (Å²) >= 11 is 5.83. The van der Waals surface area contributed by atoms with Crippen LogP contribution in [0.1, 0.15) is 19.3 Å². The van der Waals surface area contributed by atoms with Crippen molar-refractivity contribution in [3.63, 3.8) is 0 Å². The van der Waals surface area contributed by atoms with Gasteiger partial charge in [-0.2, -0.15) is 0 Å². The standard InChI is InChI=1S/C8H13ClO2S/c9-6-8(2-3-8)7-1-4-12(10,11)5-7/h7H,1-6H2. The highest BCUT2D eigenvalue weighted by Gasteiger charge is 2.51. The molecule has 4 heteroatoms. The maximum atomic E-state index is 11.2. The van der Waals surface area contributed by atoms with Gasteiger partial charge < -0.3 is 0 Å². The van der Waals surface area contributed by atoms with Crippen molar-refractivity contribution in [2.45, 2.75) is 19.3 Å². The second-order valence-electron chi connectivity index (χ2n) is 4.10. The van der Waals surface area contributed by atoms with Crippen LogP contribution in [-0.4, -0.2) is 25.8 Å². The molecule has 0 amide bonds. The van der Waals surface area contributed by atoms with Gasteiger partial charge in [0, 0.05) is 5.88 Å². The Labute approximate surface area is 78.2 Å². The molecule has 0 spiro atoms. The third kappa shape index (κ3) is 1.37. The lowest BCUT2D eigenvalue weighted by atomic mass is 9.90. The molecule has 70 valence electrons. The Bertz CT molecular complexity index is 279. The fraction of sp³-hybridized carbons (Fsp3) is 1.00. The Balaban J connectivity index is 2.09. The van der Waals surface area contributed by atoms with E-state index in [4.69, 9.17) is 11.6 Å². The lowest BCUT2D eigenvalue weighted by molar-refractivity contribution is 0.378. The van der Waals surface area contributed by atoms with Gasteiger partial charge in [-0.15, -0.1) is 11.6 Å². The summed E-state index contributed by atoms with van der Waals surface area (Å²) in [5, 5.41) is 0. The third-order valence-electron chi connectivity index (χ3n) is 3.26. The van der Waals surface area contributed by atoms with Gasteiger partial charge in [-0.05, 0) is 30.6 Å². The van der Waals surface area contributed by atoms with E-state index in [1.807, 2.05) is 0 Å². The first-order valence-electron chi connectivity index (χ1n) is 4.34. The molecule has 0 bridgehead atoms. The normalized spacial score (nSPS) is 36.6. The van der Waals surface area contributed by atoms with Gasteiger partial charge in [-0.25, -0.2) is 8.42 Å². The number of hydrogen-bond donors (Lipinski definition) is 0. The van der Waals surface area contributed by atoms with Crippen LogP contribution in [0.5, 0.6) is 0 Å². The van der Waals surface area contributed by atoms with Crippen LogP contribution in [0.15, 0.2) is 0 Å². The molecule has 2 rings (SSSR count). The van der Waals surface area contributed by atoms with Crippen molar-refractivity contribution in [1.82, 2.24) is 0 Å². The van der Waals surface area contributed by atoms with Crippen molar-refractivity contribution in [2.24, 2.45) is 11.3 Å². The van der Waals surface area contributed by atoms with Crippen LogP contribution < -0.4 is 0 Å². The molecule has 0 aromatic heterocycles. The molecular formula is C8H13ClO2S. The molecule has 2 aliphatic rings. The number of rotatable bonds is 2. The first-order valence-corrected chi connectivity index (χ1v) is 6.70. The number of alkyl halides is 1. The Morgan fingerprint density at radius 1 is 1.42 bits per heavy atom. The van der Waals surface area contributed by atoms with E-state index in [9.17, 15) is 8.42 Å². The number of halogens is 1. The Morgan fingerprint density at radius 3 is 2.42 bits per heavy atom. The summed E-state index contributed by atoms with van der Waals surface area (Å²) in [7, 11) is -2.71. The average Bonchev–Trinajstić information content (AvgIpc) is 2.72. The minimum Gasteiger partial charge on any atom is -0.229 e. The molecule has 1 atom stereocenters. The summed E-state index contributed by atoms with van der Waals surface area (Å²) in [6.07, 6.45) is 3.11. The number of sulfone groups is 1. The molecule has 0 N–H and O–H groups in total. The zero-order valence-corrected chi connectivity index (χ0v) is 8.50. The van der Waals surface area contributed by atoms with E-state index >= 15 is 0 Å². The predicted octanol–water partition coefficient (Wildman–Crippen LogP) is 1.44. The van der Waals surface area contributed by atoms with Gasteiger partial charge in [0.2, 0.25) is 0 Å². The Hall–Kier alpha value is 0.240. The summed E-state index contributed by atoms with van der Waals surface area (Å²) < 4.78 is 22.4. The van der Waals surface area contributed by atoms with Crippen LogP contribution >= 0.6 is 11.6 Å². The molecule has 0 aromatic carbocycles. The fourth-order valence-corrected chi connectivity index (χ4v) is 4.52. The van der Waals surface area contributed by atoms with Crippen molar-refractivity contribution < 1.29 is 8.42 Å². The lowest BCUT2D eigenvalue weighted by Gasteiger charge is -2.17. The Kier molecular flexibility index (Phi) is 1.92. The molecule has 12 heavy (non-hydrogen) atoms. The van der Waals surface area contributed by atoms with Gasteiger partial charge >= 0.3 is 0 Å². The van der Waals surface area contributed by atoms with Crippen LogP contribution in [0.25, 0.3) is 0 Å². The van der Waals surface area contributed by atoms with Gasteiger partial charge in [0.05, 0.1) is 11.5 Å². The van der Waals surface area contributed by atoms with Crippen LogP contribution in [0, 0.1) is 11.3 Å². The second kappa shape index (κ2) is 2.61. The van der Waals surface area contributed by atoms with E-state index < -0.39 is 9.84 Å². The van der Waals surface area contributed by atoms with Crippen molar-refractivity contribution in [3.8, 4) is 0 Å². The smallest absolute Gasteiger partial charge is 0.150 e. The predicted molar refractivity (Wildman–Crippen MR) is 49.1 cm³/mol. The molecule has 1 saturated heterocycles. The zero-order chi connectivity index (χ0) is 8.82. The monoisotopic (exact) mass is 208 g/mol. The van der Waals surface area contributed by atoms with Crippen molar-refractivity contribution in [2.75, 3.05) is 17.4 Å². The quantitative estimate of drug-likeness (QED) is 0.644. The topological polar surface area (TPSA) is 34.1 Å². The van der Waals surface area contributed by atoms with E-state index in [0.717, 1.165) is 19.3 Å². The first-order chi connectivity index (χ1) is 5.58. The van der Waals surface area contributed by atoms with E-state index in [1.165, 1.54) is 0 Å². The molecule has 1 saturated carbocycles. The van der Waals surface area contributed by atoms with Gasteiger partial charge in [0.25, 0.3) is 0 Å². The van der Waals surface area contributed by atoms with Gasteiger partial charge in [-0.1, -0.05) is 0 Å². The zero-order valence-electron chi connectivity index (χ0n) is 6.92. The van der Waals surface area contributed by atoms with E-state index in [-0.39, 0.29) is 5.41 Å². The van der Waals surface area contributed by atoms with Crippen LogP contribution in [0.2, 0.25) is 0 Å². The summed E-state index contributed by atoms with van der Waals surface area (Å²) in [5.41, 5.74) is 0.213. The highest BCUT2D eigenvalue weighted by atomic mass is 35.5. The van der Waals surface area contributed by atoms with Gasteiger partial charge in [0.15, 0.2) is 9.84 Å². The molecule has 0 radical (unpaired) electrons. The summed E-state index contributed by atoms with van der Waals surface area (Å²) in [6.45, 7) is 0. The SMILES string of the molecule is O=S1(=O)CCC(C2(CCl)CC2)C1. The van der Waals surface area contributed by atoms with Crippen molar-refractivity contribution >= 4 is 21.4 Å². The Morgan fingerprint density at radius 2 is 2.08 bits per heavy atom. The van der Waals surface area contributed by atoms with Crippen LogP contribution in [0.4, 0.5) is 0 Å². The van der Waals surface area contributed by atoms with Crippen LogP contribution in [-0.2, 0) is 9.84 Å². The van der Waals surface area contributed by atoms with Gasteiger partial charge in [0.1, 0.15) is 0 Å². The third-order valence-corrected chi connectivity index (χ3v) is 5.56. The summed E-state index contributed by atoms with van der Waals surface area (Å²) in [6, 6.07) is 0. The molecule has 1 aliphatic carbocycles. The van der Waals surface area contributed by atoms with Crippen molar-refractivity contribution in [3.05, 3.63) is 0 Å². The molecule has 0 aromatic rings. The summed E-state index contributed by atoms with van der Waals surface area (Å²) in [4.78, 5) is 0. The minimum atomic E-state index is -2.71. The molecular weight excluding hydrogens is 196 g/mol. The van der Waals surface area contributed by atoms with E-state index in [1.54, 1.807) is 0 Å². The molecule has 1 unspecified atom stereocenters. The van der Waals surface area contributed by atoms with Crippen molar-refractivity contribution in [1.29, 1.82) is 0 Å². The molecule has 2 nitrogen and oxygen atoms in total. The van der Waals surface area contributed by atoms with E-state index in [2.05, 4.69) is 0 Å². The fourth-order valence-electron chi connectivity index (χ4n) is 2.09. The second-order valence-corrected chi connectivity index (χ2v) is 6.59. The maximum Gasteiger partial charge on any atom is 0.150 e. The van der Waals surface area contributed by atoms with E-state index in [0.29, 0.717) is 23.3 Å². The highest BCUT2D eigenvalue weighted by molar-refractivity contribution is 7.91. The maximum absolute atomic E-state index is 11.2. The largest absolute Gasteiger partial charge is 0.229 e. The van der Waals surface area contributed by atoms with Gasteiger partial charge in [-0.3, -0.25) is 0 Å². The molecule has 1 aliphatic heterocycles. The highest BCUT2D eigenvalue weighted by Crippen LogP contribution is 2.55. The minimum absolute atomic E-state index is 0.213. The summed E-state index contributed by atoms with van der Waals surface area (Å²) in [5.74, 6) is 1.78. The van der Waals surface area contributed by atoms with Crippen LogP contribution in [0.3, 0.4) is 0 Å². The molecule has 2 fully saturated rings. The lowest BCUT2D eigenvalue weighted by Crippen LogP contribution is -2.18.